The molecule has 1 atom stereocenters. The van der Waals surface area contributed by atoms with E-state index in [1.165, 1.54) is 6.20 Å². The molecule has 4 N–H and O–H groups in total. The third kappa shape index (κ3) is 3.87. The van der Waals surface area contributed by atoms with Crippen molar-refractivity contribution in [2.75, 3.05) is 11.9 Å². The van der Waals surface area contributed by atoms with Crippen molar-refractivity contribution in [2.45, 2.75) is 6.10 Å². The number of aliphatic carboxylic acids is 1. The third-order valence-electron chi connectivity index (χ3n) is 1.34. The molecule has 0 fully saturated rings. The second kappa shape index (κ2) is 5.22. The Morgan fingerprint density at radius 1 is 1.60 bits per heavy atom. The molecule has 1 aromatic heterocycles. The molecule has 1 unspecified atom stereocenters. The number of nitrogens with one attached hydrogen (secondary N) is 2. The van der Waals surface area contributed by atoms with Crippen LogP contribution in [0.25, 0.3) is 0 Å². The van der Waals surface area contributed by atoms with Crippen molar-refractivity contribution in [1.82, 2.24) is 14.9 Å². The minimum atomic E-state index is -1.62. The first kappa shape index (κ1) is 11.3. The summed E-state index contributed by atoms with van der Waals surface area (Å²) < 4.78 is 3.50. The van der Waals surface area contributed by atoms with Gasteiger partial charge in [0.15, 0.2) is 6.10 Å². The second-order valence-electron chi connectivity index (χ2n) is 2.47. The summed E-state index contributed by atoms with van der Waals surface area (Å²) in [7, 11) is 0. The van der Waals surface area contributed by atoms with Crippen molar-refractivity contribution in [1.29, 1.82) is 0 Å². The first-order chi connectivity index (χ1) is 7.09. The van der Waals surface area contributed by atoms with Crippen LogP contribution in [0.4, 0.5) is 9.80 Å². The number of hydrogen-bond acceptors (Lipinski definition) is 6. The summed E-state index contributed by atoms with van der Waals surface area (Å²) in [5, 5.41) is 25.6. The highest BCUT2D eigenvalue weighted by molar-refractivity contribution is 7.10. The van der Waals surface area contributed by atoms with Gasteiger partial charge in [0.25, 0.3) is 0 Å². The molecule has 0 aliphatic carbocycles. The summed E-state index contributed by atoms with van der Waals surface area (Å²) in [6, 6.07) is -0.624. The van der Waals surface area contributed by atoms with Crippen molar-refractivity contribution in [3.8, 4) is 0 Å². The lowest BCUT2D eigenvalue weighted by molar-refractivity contribution is -0.146. The molecule has 82 valence electrons. The number of amides is 2. The molecule has 0 spiro atoms. The zero-order chi connectivity index (χ0) is 11.3. The van der Waals surface area contributed by atoms with E-state index >= 15 is 0 Å². The number of carboxylic acids is 1. The van der Waals surface area contributed by atoms with Crippen molar-refractivity contribution >= 4 is 28.5 Å². The minimum absolute atomic E-state index is 0.368. The number of urea groups is 1. The van der Waals surface area contributed by atoms with Crippen LogP contribution in [0.2, 0.25) is 0 Å². The standard InChI is InChI=1S/C6H8N4O4S/c11-3(5(12)13)1-7-6(14)9-4-2-8-10-15-4/h2-3,11H,1H2,(H,12,13)(H2,7,9,14). The summed E-state index contributed by atoms with van der Waals surface area (Å²) in [5.41, 5.74) is 0. The van der Waals surface area contributed by atoms with Gasteiger partial charge in [-0.25, -0.2) is 9.59 Å². The zero-order valence-corrected chi connectivity index (χ0v) is 8.19. The van der Waals surface area contributed by atoms with Gasteiger partial charge in [-0.2, -0.15) is 0 Å². The molecule has 0 saturated carbocycles. The number of rotatable bonds is 4. The molecule has 0 bridgehead atoms. The van der Waals surface area contributed by atoms with E-state index < -0.39 is 18.1 Å². The number of carboxylic acid groups (broad SMARTS) is 1. The summed E-state index contributed by atoms with van der Waals surface area (Å²) in [6.45, 7) is -0.368. The van der Waals surface area contributed by atoms with E-state index in [0.29, 0.717) is 5.00 Å². The maximum Gasteiger partial charge on any atom is 0.334 e. The Balaban J connectivity index is 2.28. The fraction of sp³-hybridized carbons (Fsp3) is 0.333. The highest BCUT2D eigenvalue weighted by Gasteiger charge is 2.14. The molecule has 0 aliphatic heterocycles. The number of anilines is 1. The Kier molecular flexibility index (Phi) is 3.94. The van der Waals surface area contributed by atoms with Gasteiger partial charge in [0, 0.05) is 11.5 Å². The van der Waals surface area contributed by atoms with Gasteiger partial charge in [0.05, 0.1) is 12.7 Å². The summed E-state index contributed by atoms with van der Waals surface area (Å²) in [5.74, 6) is -1.39. The smallest absolute Gasteiger partial charge is 0.334 e. The van der Waals surface area contributed by atoms with E-state index in [-0.39, 0.29) is 6.54 Å². The van der Waals surface area contributed by atoms with E-state index in [0.717, 1.165) is 11.5 Å². The fourth-order valence-electron chi connectivity index (χ4n) is 0.655. The summed E-state index contributed by atoms with van der Waals surface area (Å²) in [6.07, 6.45) is -0.270. The SMILES string of the molecule is O=C(NCC(O)C(=O)O)Nc1cnns1. The average Bonchev–Trinajstić information content (AvgIpc) is 2.66. The van der Waals surface area contributed by atoms with Gasteiger partial charge in [-0.3, -0.25) is 5.32 Å². The van der Waals surface area contributed by atoms with Crippen LogP contribution in [0.1, 0.15) is 0 Å². The van der Waals surface area contributed by atoms with Gasteiger partial charge in [-0.05, 0) is 0 Å². The number of carbonyl (C=O) groups is 2. The Bertz CT molecular complexity index is 341. The Hall–Kier alpha value is -1.74. The topological polar surface area (TPSA) is 124 Å². The molecular formula is C6H8N4O4S. The van der Waals surface area contributed by atoms with Crippen molar-refractivity contribution in [2.24, 2.45) is 0 Å². The van der Waals surface area contributed by atoms with Crippen LogP contribution < -0.4 is 10.6 Å². The number of aliphatic hydroxyl groups excluding tert-OH is 1. The van der Waals surface area contributed by atoms with Crippen LogP contribution in [0, 0.1) is 0 Å². The van der Waals surface area contributed by atoms with Crippen LogP contribution in [0.15, 0.2) is 6.20 Å². The van der Waals surface area contributed by atoms with Gasteiger partial charge in [-0.15, -0.1) is 5.10 Å². The van der Waals surface area contributed by atoms with E-state index in [4.69, 9.17) is 10.2 Å². The van der Waals surface area contributed by atoms with Crippen LogP contribution in [-0.4, -0.2) is 44.4 Å². The van der Waals surface area contributed by atoms with Crippen LogP contribution in [-0.2, 0) is 4.79 Å². The Labute approximate surface area is 88.1 Å². The van der Waals surface area contributed by atoms with E-state index in [1.54, 1.807) is 0 Å². The first-order valence-electron chi connectivity index (χ1n) is 3.82. The number of carbonyl (C=O) groups excluding carboxylic acids is 1. The molecule has 2 amide bonds. The van der Waals surface area contributed by atoms with Gasteiger partial charge in [0.1, 0.15) is 5.00 Å². The Morgan fingerprint density at radius 2 is 2.33 bits per heavy atom. The zero-order valence-electron chi connectivity index (χ0n) is 7.38. The molecule has 8 nitrogen and oxygen atoms in total. The van der Waals surface area contributed by atoms with Crippen molar-refractivity contribution in [3.63, 3.8) is 0 Å². The highest BCUT2D eigenvalue weighted by atomic mass is 32.1. The maximum absolute atomic E-state index is 11.1. The molecule has 0 radical (unpaired) electrons. The molecule has 1 aromatic rings. The normalized spacial score (nSPS) is 11.8. The fourth-order valence-corrected chi connectivity index (χ4v) is 1.07. The van der Waals surface area contributed by atoms with Crippen LogP contribution in [0.5, 0.6) is 0 Å². The second-order valence-corrected chi connectivity index (χ2v) is 3.26. The van der Waals surface area contributed by atoms with Gasteiger partial charge >= 0.3 is 12.0 Å². The lowest BCUT2D eigenvalue weighted by Crippen LogP contribution is -2.38. The molecule has 15 heavy (non-hydrogen) atoms. The average molecular weight is 232 g/mol. The summed E-state index contributed by atoms with van der Waals surface area (Å²) in [4.78, 5) is 21.3. The number of aromatic nitrogens is 2. The van der Waals surface area contributed by atoms with Gasteiger partial charge in [0.2, 0.25) is 0 Å². The van der Waals surface area contributed by atoms with E-state index in [2.05, 4.69) is 20.2 Å². The monoisotopic (exact) mass is 232 g/mol. The molecule has 9 heteroatoms. The predicted molar refractivity (Wildman–Crippen MR) is 50.6 cm³/mol. The van der Waals surface area contributed by atoms with Crippen LogP contribution in [0.3, 0.4) is 0 Å². The van der Waals surface area contributed by atoms with Crippen molar-refractivity contribution in [3.05, 3.63) is 6.20 Å². The summed E-state index contributed by atoms with van der Waals surface area (Å²) >= 11 is 0.980. The number of hydrogen-bond donors (Lipinski definition) is 4. The Morgan fingerprint density at radius 3 is 2.87 bits per heavy atom. The van der Waals surface area contributed by atoms with E-state index in [9.17, 15) is 9.59 Å². The molecular weight excluding hydrogens is 224 g/mol. The lowest BCUT2D eigenvalue weighted by atomic mass is 10.4. The van der Waals surface area contributed by atoms with Gasteiger partial charge in [-0.1, -0.05) is 4.49 Å². The molecule has 0 saturated heterocycles. The van der Waals surface area contributed by atoms with Gasteiger partial charge < -0.3 is 15.5 Å². The minimum Gasteiger partial charge on any atom is -0.479 e. The highest BCUT2D eigenvalue weighted by Crippen LogP contribution is 2.07. The van der Waals surface area contributed by atoms with E-state index in [1.807, 2.05) is 0 Å². The molecule has 0 aromatic carbocycles. The number of aliphatic hydroxyl groups is 1. The molecule has 1 rings (SSSR count). The van der Waals surface area contributed by atoms with Crippen molar-refractivity contribution < 1.29 is 19.8 Å². The molecule has 0 aliphatic rings. The lowest BCUT2D eigenvalue weighted by Gasteiger charge is -2.07. The maximum atomic E-state index is 11.1. The number of nitrogens with zero attached hydrogens (tertiary/aromatic N) is 2. The largest absolute Gasteiger partial charge is 0.479 e. The molecule has 1 heterocycles. The predicted octanol–water partition coefficient (Wildman–Crippen LogP) is -0.895. The first-order valence-corrected chi connectivity index (χ1v) is 4.60. The van der Waals surface area contributed by atoms with Crippen LogP contribution >= 0.6 is 11.5 Å². The quantitative estimate of drug-likeness (QED) is 0.533. The third-order valence-corrected chi connectivity index (χ3v) is 1.92.